The van der Waals surface area contributed by atoms with E-state index in [9.17, 15) is 9.59 Å². The second-order valence-corrected chi connectivity index (χ2v) is 1.38. The molecule has 0 saturated heterocycles. The highest BCUT2D eigenvalue weighted by Gasteiger charge is 2.22. The maximum Gasteiger partial charge on any atom is 0.337 e. The lowest BCUT2D eigenvalue weighted by atomic mass is 10.6. The molecule has 0 N–H and O–H groups in total. The minimum atomic E-state index is -0.743. The largest absolute Gasteiger partial charge is 0.337 e. The zero-order valence-corrected chi connectivity index (χ0v) is 4.21. The van der Waals surface area contributed by atoms with E-state index in [1.54, 1.807) is 0 Å². The van der Waals surface area contributed by atoms with Gasteiger partial charge in [-0.1, -0.05) is 0 Å². The van der Waals surface area contributed by atoms with Gasteiger partial charge in [0.05, 0.1) is 0 Å². The van der Waals surface area contributed by atoms with Crippen molar-refractivity contribution in [3.8, 4) is 0 Å². The molecule has 4 heteroatoms. The van der Waals surface area contributed by atoms with E-state index in [0.717, 1.165) is 4.90 Å². The Kier molecular flexibility index (Phi) is 0.865. The summed E-state index contributed by atoms with van der Waals surface area (Å²) in [5, 5.41) is 0. The summed E-state index contributed by atoms with van der Waals surface area (Å²) in [6.45, 7) is 0. The first-order valence-corrected chi connectivity index (χ1v) is 2.00. The Morgan fingerprint density at radius 1 is 1.62 bits per heavy atom. The fourth-order valence-corrected chi connectivity index (χ4v) is 0.357. The first-order valence-electron chi connectivity index (χ1n) is 2.00. The molecule has 0 spiro atoms. The molecule has 1 rings (SSSR count). The van der Waals surface area contributed by atoms with E-state index in [0.29, 0.717) is 0 Å². The van der Waals surface area contributed by atoms with Crippen LogP contribution in [0.5, 0.6) is 0 Å². The van der Waals surface area contributed by atoms with Crippen molar-refractivity contribution >= 4 is 18.2 Å². The van der Waals surface area contributed by atoms with Crippen molar-refractivity contribution in [3.63, 3.8) is 0 Å². The minimum Gasteiger partial charge on any atom is -0.288 e. The Morgan fingerprint density at radius 2 is 2.25 bits per heavy atom. The summed E-state index contributed by atoms with van der Waals surface area (Å²) in [5.41, 5.74) is 0. The number of rotatable bonds is 0. The van der Waals surface area contributed by atoms with E-state index >= 15 is 0 Å². The van der Waals surface area contributed by atoms with Crippen LogP contribution in [0.25, 0.3) is 0 Å². The zero-order chi connectivity index (χ0) is 6.15. The van der Waals surface area contributed by atoms with E-state index in [1.165, 1.54) is 7.05 Å². The van der Waals surface area contributed by atoms with E-state index in [1.807, 2.05) is 0 Å². The van der Waals surface area contributed by atoms with Crippen LogP contribution in [0.15, 0.2) is 4.99 Å². The molecule has 0 atom stereocenters. The number of carbonyl (C=O) groups is 2. The summed E-state index contributed by atoms with van der Waals surface area (Å²) in [6.07, 6.45) is 2.18. The summed E-state index contributed by atoms with van der Waals surface area (Å²) in [7, 11) is 1.43. The lowest BCUT2D eigenvalue weighted by Gasteiger charge is -1.95. The highest BCUT2D eigenvalue weighted by Crippen LogP contribution is 1.91. The van der Waals surface area contributed by atoms with Crippen LogP contribution >= 0.6 is 0 Å². The third-order valence-corrected chi connectivity index (χ3v) is 0.789. The fourth-order valence-electron chi connectivity index (χ4n) is 0.357. The van der Waals surface area contributed by atoms with Crippen LogP contribution in [-0.4, -0.2) is 30.1 Å². The smallest absolute Gasteiger partial charge is 0.288 e. The molecule has 2 amide bonds. The van der Waals surface area contributed by atoms with Crippen LogP contribution < -0.4 is 0 Å². The standard InChI is InChI=1S/C4H3N2O2/c1-6-2-5-3(7)4(6)8/h1H3. The number of aliphatic imine (C=N–C) groups is 1. The van der Waals surface area contributed by atoms with Gasteiger partial charge in [-0.3, -0.25) is 14.5 Å². The van der Waals surface area contributed by atoms with Gasteiger partial charge in [-0.2, -0.15) is 4.99 Å². The summed E-state index contributed by atoms with van der Waals surface area (Å²) in [4.78, 5) is 24.6. The van der Waals surface area contributed by atoms with Gasteiger partial charge in [0, 0.05) is 7.05 Å². The van der Waals surface area contributed by atoms with Gasteiger partial charge < -0.3 is 0 Å². The third-order valence-electron chi connectivity index (χ3n) is 0.789. The third kappa shape index (κ3) is 0.501. The summed E-state index contributed by atoms with van der Waals surface area (Å²) >= 11 is 0. The Balaban J connectivity index is 2.85. The summed E-state index contributed by atoms with van der Waals surface area (Å²) in [6, 6.07) is 0. The second kappa shape index (κ2) is 1.40. The summed E-state index contributed by atoms with van der Waals surface area (Å²) < 4.78 is 0. The van der Waals surface area contributed by atoms with Crippen LogP contribution in [0.2, 0.25) is 0 Å². The predicted octanol–water partition coefficient (Wildman–Crippen LogP) is -1.11. The summed E-state index contributed by atoms with van der Waals surface area (Å²) in [5.74, 6) is -1.36. The lowest BCUT2D eigenvalue weighted by Crippen LogP contribution is -2.23. The van der Waals surface area contributed by atoms with Crippen molar-refractivity contribution in [2.45, 2.75) is 0 Å². The van der Waals surface area contributed by atoms with Crippen LogP contribution in [0.3, 0.4) is 0 Å². The first kappa shape index (κ1) is 4.96. The van der Waals surface area contributed by atoms with Gasteiger partial charge in [0.1, 0.15) is 0 Å². The van der Waals surface area contributed by atoms with Crippen LogP contribution in [-0.2, 0) is 9.59 Å². The Labute approximate surface area is 45.8 Å². The fraction of sp³-hybridized carbons (Fsp3) is 0.250. The van der Waals surface area contributed by atoms with Gasteiger partial charge in [0.15, 0.2) is 6.34 Å². The topological polar surface area (TPSA) is 49.7 Å². The monoisotopic (exact) mass is 111 g/mol. The average Bonchev–Trinajstić information content (AvgIpc) is 1.98. The molecule has 1 aliphatic heterocycles. The van der Waals surface area contributed by atoms with Crippen molar-refractivity contribution in [2.24, 2.45) is 4.99 Å². The quantitative estimate of drug-likeness (QED) is 0.372. The van der Waals surface area contributed by atoms with Gasteiger partial charge in [-0.15, -0.1) is 0 Å². The second-order valence-electron chi connectivity index (χ2n) is 1.38. The molecule has 0 aliphatic carbocycles. The molecule has 0 unspecified atom stereocenters. The number of hydrogen-bond acceptors (Lipinski definition) is 2. The minimum absolute atomic E-state index is 0.620. The molecule has 0 aromatic heterocycles. The lowest BCUT2D eigenvalue weighted by molar-refractivity contribution is -0.139. The van der Waals surface area contributed by atoms with Crippen molar-refractivity contribution in [2.75, 3.05) is 7.05 Å². The van der Waals surface area contributed by atoms with Crippen molar-refractivity contribution in [1.29, 1.82) is 0 Å². The van der Waals surface area contributed by atoms with Gasteiger partial charge >= 0.3 is 11.8 Å². The molecule has 1 aliphatic rings. The van der Waals surface area contributed by atoms with Crippen LogP contribution in [0.4, 0.5) is 0 Å². The molecule has 0 aromatic carbocycles. The van der Waals surface area contributed by atoms with Crippen molar-refractivity contribution < 1.29 is 9.59 Å². The molecule has 1 radical (unpaired) electrons. The molecular formula is C4H3N2O2. The average molecular weight is 111 g/mol. The highest BCUT2D eigenvalue weighted by molar-refractivity contribution is 6.41. The number of nitrogens with zero attached hydrogens (tertiary/aromatic N) is 2. The van der Waals surface area contributed by atoms with Gasteiger partial charge in [0.2, 0.25) is 0 Å². The molecule has 0 fully saturated rings. The van der Waals surface area contributed by atoms with E-state index in [-0.39, 0.29) is 0 Å². The Bertz CT molecular complexity index is 173. The number of amides is 2. The van der Waals surface area contributed by atoms with Gasteiger partial charge in [-0.25, -0.2) is 0 Å². The van der Waals surface area contributed by atoms with E-state index < -0.39 is 11.8 Å². The van der Waals surface area contributed by atoms with Crippen LogP contribution in [0, 0.1) is 0 Å². The molecule has 4 nitrogen and oxygen atoms in total. The van der Waals surface area contributed by atoms with Gasteiger partial charge in [0.25, 0.3) is 0 Å². The molecule has 1 heterocycles. The maximum atomic E-state index is 10.3. The molecular weight excluding hydrogens is 108 g/mol. The van der Waals surface area contributed by atoms with Crippen molar-refractivity contribution in [1.82, 2.24) is 4.90 Å². The molecule has 41 valence electrons. The number of likely N-dealkylation sites (N-methyl/N-ethyl adjacent to an activating group) is 1. The van der Waals surface area contributed by atoms with Gasteiger partial charge in [-0.05, 0) is 0 Å². The zero-order valence-electron chi connectivity index (χ0n) is 4.21. The predicted molar refractivity (Wildman–Crippen MR) is 25.2 cm³/mol. The van der Waals surface area contributed by atoms with E-state index in [4.69, 9.17) is 0 Å². The number of hydrogen-bond donors (Lipinski definition) is 0. The highest BCUT2D eigenvalue weighted by atomic mass is 16.2. The number of carbonyl (C=O) groups excluding carboxylic acids is 2. The normalized spacial score (nSPS) is 18.4. The maximum absolute atomic E-state index is 10.3. The Hall–Kier alpha value is -1.19. The van der Waals surface area contributed by atoms with Crippen molar-refractivity contribution in [3.05, 3.63) is 0 Å². The molecule has 0 bridgehead atoms. The van der Waals surface area contributed by atoms with Crippen LogP contribution in [0.1, 0.15) is 0 Å². The Morgan fingerprint density at radius 3 is 2.38 bits per heavy atom. The SMILES string of the molecule is CN1[C]=NC(=O)C1=O. The molecule has 0 aromatic rings. The molecule has 8 heavy (non-hydrogen) atoms. The van der Waals surface area contributed by atoms with E-state index in [2.05, 4.69) is 11.3 Å². The molecule has 0 saturated carbocycles. The first-order chi connectivity index (χ1) is 3.72.